The Morgan fingerprint density at radius 1 is 0.800 bits per heavy atom. The van der Waals surface area contributed by atoms with Gasteiger partial charge in [-0.1, -0.05) is 86.1 Å². The summed E-state index contributed by atoms with van der Waals surface area (Å²) in [6, 6.07) is 30.1. The number of hydrogen-bond donors (Lipinski definition) is 0. The van der Waals surface area contributed by atoms with Crippen LogP contribution in [0.3, 0.4) is 0 Å². The summed E-state index contributed by atoms with van der Waals surface area (Å²) in [7, 11) is 1.72. The summed E-state index contributed by atoms with van der Waals surface area (Å²) < 4.78 is 7.80. The van der Waals surface area contributed by atoms with Gasteiger partial charge in [-0.2, -0.15) is 0 Å². The Kier molecular flexibility index (Phi) is 9.17. The van der Waals surface area contributed by atoms with Gasteiger partial charge in [-0.15, -0.1) is 0 Å². The standard InChI is InChI=1S/C32H38N2O/c1-3-4-22-34-30(25-33-32(34)29-15-9-6-10-16-29)17-11-14-28(23-26-12-7-5-8-13-26)24-27-18-20-31(35-2)21-19-27/h5-10,12-13,15-16,18-21,25,28H,3-4,11,14,17,22-24H2,1-2H3. The van der Waals surface area contributed by atoms with Crippen LogP contribution in [0.2, 0.25) is 0 Å². The van der Waals surface area contributed by atoms with Crippen molar-refractivity contribution in [3.8, 4) is 17.1 Å². The lowest BCUT2D eigenvalue weighted by atomic mass is 9.88. The number of unbranched alkanes of at least 4 members (excludes halogenated alkanes) is 1. The molecule has 0 saturated carbocycles. The molecule has 0 fully saturated rings. The molecule has 3 heteroatoms. The molecule has 4 aromatic rings. The van der Waals surface area contributed by atoms with Crippen molar-refractivity contribution in [3.05, 3.63) is 108 Å². The maximum absolute atomic E-state index is 5.35. The van der Waals surface area contributed by atoms with E-state index in [1.165, 1.54) is 48.1 Å². The molecule has 0 aliphatic rings. The van der Waals surface area contributed by atoms with E-state index in [4.69, 9.17) is 9.72 Å². The number of nitrogens with zero attached hydrogens (tertiary/aromatic N) is 2. The van der Waals surface area contributed by atoms with Gasteiger partial charge in [0.2, 0.25) is 0 Å². The fourth-order valence-corrected chi connectivity index (χ4v) is 4.88. The first-order valence-electron chi connectivity index (χ1n) is 13.0. The highest BCUT2D eigenvalue weighted by Gasteiger charge is 2.15. The monoisotopic (exact) mass is 466 g/mol. The van der Waals surface area contributed by atoms with Crippen LogP contribution in [0.1, 0.15) is 49.4 Å². The number of aromatic nitrogens is 2. The molecule has 1 atom stereocenters. The van der Waals surface area contributed by atoms with Crippen molar-refractivity contribution in [1.29, 1.82) is 0 Å². The van der Waals surface area contributed by atoms with Gasteiger partial charge in [0.05, 0.1) is 7.11 Å². The molecule has 0 aliphatic heterocycles. The van der Waals surface area contributed by atoms with Gasteiger partial charge in [0.25, 0.3) is 0 Å². The third kappa shape index (κ3) is 7.08. The van der Waals surface area contributed by atoms with E-state index in [0.29, 0.717) is 5.92 Å². The highest BCUT2D eigenvalue weighted by Crippen LogP contribution is 2.25. The molecule has 0 aliphatic carbocycles. The molecule has 0 radical (unpaired) electrons. The molecule has 1 unspecified atom stereocenters. The molecule has 35 heavy (non-hydrogen) atoms. The Morgan fingerprint density at radius 2 is 1.46 bits per heavy atom. The minimum absolute atomic E-state index is 0.603. The molecule has 0 bridgehead atoms. The Balaban J connectivity index is 1.45. The van der Waals surface area contributed by atoms with Gasteiger partial charge >= 0.3 is 0 Å². The first-order chi connectivity index (χ1) is 17.3. The van der Waals surface area contributed by atoms with Crippen LogP contribution in [-0.4, -0.2) is 16.7 Å². The second-order valence-electron chi connectivity index (χ2n) is 9.44. The summed E-state index contributed by atoms with van der Waals surface area (Å²) in [6.07, 6.45) is 10.1. The highest BCUT2D eigenvalue weighted by molar-refractivity contribution is 5.55. The molecular weight excluding hydrogens is 428 g/mol. The van der Waals surface area contributed by atoms with E-state index in [-0.39, 0.29) is 0 Å². The normalized spacial score (nSPS) is 11.9. The van der Waals surface area contributed by atoms with E-state index < -0.39 is 0 Å². The summed E-state index contributed by atoms with van der Waals surface area (Å²) in [4.78, 5) is 4.84. The molecule has 1 heterocycles. The van der Waals surface area contributed by atoms with Crippen LogP contribution >= 0.6 is 0 Å². The van der Waals surface area contributed by atoms with Crippen LogP contribution in [0.15, 0.2) is 91.1 Å². The number of ether oxygens (including phenoxy) is 1. The predicted molar refractivity (Wildman–Crippen MR) is 146 cm³/mol. The van der Waals surface area contributed by atoms with E-state index in [2.05, 4.69) is 103 Å². The second kappa shape index (κ2) is 12.9. The lowest BCUT2D eigenvalue weighted by molar-refractivity contribution is 0.414. The second-order valence-corrected chi connectivity index (χ2v) is 9.44. The summed E-state index contributed by atoms with van der Waals surface area (Å²) in [6.45, 7) is 3.29. The Hall–Kier alpha value is -3.33. The average molecular weight is 467 g/mol. The fourth-order valence-electron chi connectivity index (χ4n) is 4.88. The molecular formula is C32H38N2O. The van der Waals surface area contributed by atoms with Crippen LogP contribution < -0.4 is 4.74 Å². The van der Waals surface area contributed by atoms with Gasteiger partial charge in [0, 0.05) is 24.0 Å². The molecule has 0 amide bonds. The number of aryl methyl sites for hydroxylation is 1. The van der Waals surface area contributed by atoms with Gasteiger partial charge < -0.3 is 9.30 Å². The van der Waals surface area contributed by atoms with Gasteiger partial charge in [0.15, 0.2) is 0 Å². The van der Waals surface area contributed by atoms with Crippen LogP contribution in [0, 0.1) is 5.92 Å². The third-order valence-electron chi connectivity index (χ3n) is 6.80. The Morgan fingerprint density at radius 3 is 2.11 bits per heavy atom. The topological polar surface area (TPSA) is 27.1 Å². The Bertz CT molecular complexity index is 1130. The SMILES string of the molecule is CCCCn1c(CCCC(Cc2ccccc2)Cc2ccc(OC)cc2)cnc1-c1ccccc1. The van der Waals surface area contributed by atoms with Crippen molar-refractivity contribution in [2.24, 2.45) is 5.92 Å². The van der Waals surface area contributed by atoms with Crippen LogP contribution in [0.5, 0.6) is 5.75 Å². The van der Waals surface area contributed by atoms with E-state index in [0.717, 1.165) is 37.4 Å². The van der Waals surface area contributed by atoms with Crippen molar-refractivity contribution in [2.45, 2.75) is 58.4 Å². The lowest BCUT2D eigenvalue weighted by Crippen LogP contribution is -2.10. The zero-order valence-electron chi connectivity index (χ0n) is 21.2. The van der Waals surface area contributed by atoms with Crippen LogP contribution in [0.25, 0.3) is 11.4 Å². The first-order valence-corrected chi connectivity index (χ1v) is 13.0. The molecule has 182 valence electrons. The zero-order valence-corrected chi connectivity index (χ0v) is 21.2. The number of imidazole rings is 1. The number of methoxy groups -OCH3 is 1. The quantitative estimate of drug-likeness (QED) is 0.201. The molecule has 4 rings (SSSR count). The average Bonchev–Trinajstić information content (AvgIpc) is 3.31. The smallest absolute Gasteiger partial charge is 0.140 e. The van der Waals surface area contributed by atoms with Crippen LogP contribution in [0.4, 0.5) is 0 Å². The van der Waals surface area contributed by atoms with Gasteiger partial charge in [-0.25, -0.2) is 4.98 Å². The summed E-state index contributed by atoms with van der Waals surface area (Å²) in [5.74, 6) is 2.63. The van der Waals surface area contributed by atoms with E-state index in [1.54, 1.807) is 7.11 Å². The summed E-state index contributed by atoms with van der Waals surface area (Å²) in [5.41, 5.74) is 5.37. The molecule has 0 N–H and O–H groups in total. The molecule has 1 aromatic heterocycles. The van der Waals surface area contributed by atoms with Gasteiger partial charge in [0.1, 0.15) is 11.6 Å². The summed E-state index contributed by atoms with van der Waals surface area (Å²) in [5, 5.41) is 0. The maximum Gasteiger partial charge on any atom is 0.140 e. The van der Waals surface area contributed by atoms with Gasteiger partial charge in [-0.05, 0) is 67.7 Å². The number of rotatable bonds is 13. The van der Waals surface area contributed by atoms with E-state index in [1.807, 2.05) is 0 Å². The van der Waals surface area contributed by atoms with Crippen molar-refractivity contribution >= 4 is 0 Å². The fraction of sp³-hybridized carbons (Fsp3) is 0.344. The van der Waals surface area contributed by atoms with E-state index in [9.17, 15) is 0 Å². The minimum Gasteiger partial charge on any atom is -0.497 e. The number of hydrogen-bond acceptors (Lipinski definition) is 2. The highest BCUT2D eigenvalue weighted by atomic mass is 16.5. The molecule has 0 saturated heterocycles. The number of benzene rings is 3. The maximum atomic E-state index is 5.35. The third-order valence-corrected chi connectivity index (χ3v) is 6.80. The summed E-state index contributed by atoms with van der Waals surface area (Å²) >= 11 is 0. The van der Waals surface area contributed by atoms with Crippen LogP contribution in [-0.2, 0) is 25.8 Å². The largest absolute Gasteiger partial charge is 0.497 e. The van der Waals surface area contributed by atoms with Crippen molar-refractivity contribution in [3.63, 3.8) is 0 Å². The predicted octanol–water partition coefficient (Wildman–Crippen LogP) is 7.78. The van der Waals surface area contributed by atoms with Crippen molar-refractivity contribution in [2.75, 3.05) is 7.11 Å². The first kappa shape index (κ1) is 24.8. The Labute approximate surface area is 210 Å². The van der Waals surface area contributed by atoms with Gasteiger partial charge in [-0.3, -0.25) is 0 Å². The molecule has 3 aromatic carbocycles. The lowest BCUT2D eigenvalue weighted by Gasteiger charge is -2.18. The van der Waals surface area contributed by atoms with Crippen molar-refractivity contribution in [1.82, 2.24) is 9.55 Å². The van der Waals surface area contributed by atoms with E-state index >= 15 is 0 Å². The zero-order chi connectivity index (χ0) is 24.3. The molecule has 0 spiro atoms. The minimum atomic E-state index is 0.603. The molecule has 3 nitrogen and oxygen atoms in total. The van der Waals surface area contributed by atoms with Crippen molar-refractivity contribution < 1.29 is 4.74 Å².